The largest absolute Gasteiger partial charge is 0.494 e. The summed E-state index contributed by atoms with van der Waals surface area (Å²) < 4.78 is 10.6. The molecule has 0 radical (unpaired) electrons. The molecule has 0 spiro atoms. The van der Waals surface area contributed by atoms with Crippen LogP contribution < -0.4 is 10.4 Å². The van der Waals surface area contributed by atoms with Crippen LogP contribution >= 0.6 is 0 Å². The smallest absolute Gasteiger partial charge is 0.347 e. The Morgan fingerprint density at radius 3 is 2.64 bits per heavy atom. The van der Waals surface area contributed by atoms with Crippen LogP contribution in [0.25, 0.3) is 11.0 Å². The second-order valence-electron chi connectivity index (χ2n) is 5.50. The number of rotatable bonds is 5. The van der Waals surface area contributed by atoms with E-state index in [1.54, 1.807) is 31.2 Å². The van der Waals surface area contributed by atoms with Crippen molar-refractivity contribution in [1.29, 1.82) is 0 Å². The van der Waals surface area contributed by atoms with Crippen LogP contribution in [0.2, 0.25) is 0 Å². The molecule has 0 fully saturated rings. The van der Waals surface area contributed by atoms with E-state index in [4.69, 9.17) is 9.15 Å². The van der Waals surface area contributed by atoms with Gasteiger partial charge in [-0.15, -0.1) is 0 Å². The van der Waals surface area contributed by atoms with E-state index in [2.05, 4.69) is 4.98 Å². The van der Waals surface area contributed by atoms with Crippen LogP contribution in [0, 0.1) is 6.92 Å². The number of hydrogen-bond donors (Lipinski definition) is 1. The first-order valence-electron chi connectivity index (χ1n) is 7.86. The van der Waals surface area contributed by atoms with Crippen LogP contribution in [0.5, 0.6) is 5.75 Å². The highest BCUT2D eigenvalue weighted by molar-refractivity contribution is 6.10. The van der Waals surface area contributed by atoms with Gasteiger partial charge in [0.1, 0.15) is 11.3 Å². The molecule has 2 heterocycles. The lowest BCUT2D eigenvalue weighted by molar-refractivity contribution is 0.103. The van der Waals surface area contributed by atoms with E-state index in [1.165, 1.54) is 12.3 Å². The fourth-order valence-corrected chi connectivity index (χ4v) is 2.59. The molecule has 0 aliphatic carbocycles. The number of aromatic nitrogens is 1. The van der Waals surface area contributed by atoms with Crippen molar-refractivity contribution in [3.63, 3.8) is 0 Å². The minimum Gasteiger partial charge on any atom is -0.494 e. The SMILES string of the molecule is CCOc1ccc(C(=O)c2cc3c(CO)cnc(C)c3oc2=O)cc1. The number of ketones is 1. The average molecular weight is 339 g/mol. The first kappa shape index (κ1) is 16.9. The molecule has 1 N–H and O–H groups in total. The number of aliphatic hydroxyl groups is 1. The maximum atomic E-state index is 12.7. The van der Waals surface area contributed by atoms with Crippen molar-refractivity contribution in [2.45, 2.75) is 20.5 Å². The second kappa shape index (κ2) is 6.86. The molecule has 0 aliphatic rings. The van der Waals surface area contributed by atoms with Crippen molar-refractivity contribution in [2.24, 2.45) is 0 Å². The highest BCUT2D eigenvalue weighted by Gasteiger charge is 2.18. The van der Waals surface area contributed by atoms with E-state index in [0.717, 1.165) is 0 Å². The molecule has 1 aromatic carbocycles. The lowest BCUT2D eigenvalue weighted by Gasteiger charge is -2.07. The Bertz CT molecular complexity index is 989. The number of aryl methyl sites for hydroxylation is 1. The van der Waals surface area contributed by atoms with Crippen molar-refractivity contribution in [1.82, 2.24) is 4.98 Å². The monoisotopic (exact) mass is 339 g/mol. The van der Waals surface area contributed by atoms with Crippen LogP contribution in [0.4, 0.5) is 0 Å². The molecule has 25 heavy (non-hydrogen) atoms. The normalized spacial score (nSPS) is 10.8. The summed E-state index contributed by atoms with van der Waals surface area (Å²) in [6, 6.07) is 8.00. The van der Waals surface area contributed by atoms with Gasteiger partial charge in [-0.05, 0) is 44.2 Å². The van der Waals surface area contributed by atoms with Crippen molar-refractivity contribution in [3.8, 4) is 5.75 Å². The number of pyridine rings is 1. The van der Waals surface area contributed by atoms with E-state index >= 15 is 0 Å². The Labute approximate surface area is 143 Å². The van der Waals surface area contributed by atoms with Crippen molar-refractivity contribution >= 4 is 16.8 Å². The second-order valence-corrected chi connectivity index (χ2v) is 5.50. The average Bonchev–Trinajstić information content (AvgIpc) is 2.62. The van der Waals surface area contributed by atoms with Gasteiger partial charge in [0, 0.05) is 22.7 Å². The van der Waals surface area contributed by atoms with E-state index in [9.17, 15) is 14.7 Å². The zero-order valence-corrected chi connectivity index (χ0v) is 13.9. The Balaban J connectivity index is 2.10. The number of carbonyl (C=O) groups is 1. The van der Waals surface area contributed by atoms with Gasteiger partial charge in [-0.2, -0.15) is 0 Å². The number of hydrogen-bond acceptors (Lipinski definition) is 6. The topological polar surface area (TPSA) is 89.6 Å². The minimum atomic E-state index is -0.730. The van der Waals surface area contributed by atoms with E-state index in [0.29, 0.717) is 34.6 Å². The van der Waals surface area contributed by atoms with Crippen LogP contribution in [-0.4, -0.2) is 22.5 Å². The van der Waals surface area contributed by atoms with Gasteiger partial charge in [-0.25, -0.2) is 4.79 Å². The Hall–Kier alpha value is -2.99. The summed E-state index contributed by atoms with van der Waals surface area (Å²) in [6.07, 6.45) is 1.50. The Morgan fingerprint density at radius 2 is 2.00 bits per heavy atom. The summed E-state index contributed by atoms with van der Waals surface area (Å²) >= 11 is 0. The van der Waals surface area contributed by atoms with Gasteiger partial charge in [0.05, 0.1) is 18.9 Å². The number of fused-ring (bicyclic) bond motifs is 1. The first-order chi connectivity index (χ1) is 12.0. The number of benzene rings is 1. The Kier molecular flexibility index (Phi) is 4.63. The Morgan fingerprint density at radius 1 is 1.28 bits per heavy atom. The lowest BCUT2D eigenvalue weighted by Crippen LogP contribution is -2.15. The molecule has 0 aliphatic heterocycles. The van der Waals surface area contributed by atoms with Gasteiger partial charge < -0.3 is 14.3 Å². The van der Waals surface area contributed by atoms with Gasteiger partial charge in [0.2, 0.25) is 0 Å². The molecule has 6 nitrogen and oxygen atoms in total. The van der Waals surface area contributed by atoms with Crippen LogP contribution in [0.15, 0.2) is 45.7 Å². The van der Waals surface area contributed by atoms with Gasteiger partial charge in [-0.1, -0.05) is 0 Å². The van der Waals surface area contributed by atoms with E-state index in [1.807, 2.05) is 6.92 Å². The molecular formula is C19H17NO5. The van der Waals surface area contributed by atoms with Crippen molar-refractivity contribution < 1.29 is 19.1 Å². The third-order valence-corrected chi connectivity index (χ3v) is 3.88. The number of ether oxygens (including phenoxy) is 1. The van der Waals surface area contributed by atoms with Crippen molar-refractivity contribution in [3.05, 3.63) is 69.3 Å². The third kappa shape index (κ3) is 3.16. The molecule has 0 amide bonds. The summed E-state index contributed by atoms with van der Waals surface area (Å²) in [5, 5.41) is 9.97. The number of aliphatic hydroxyl groups excluding tert-OH is 1. The lowest BCUT2D eigenvalue weighted by atomic mass is 10.0. The van der Waals surface area contributed by atoms with Crippen LogP contribution in [-0.2, 0) is 6.61 Å². The molecule has 0 saturated heterocycles. The molecule has 3 aromatic rings. The van der Waals surface area contributed by atoms with Gasteiger partial charge in [0.25, 0.3) is 0 Å². The summed E-state index contributed by atoms with van der Waals surface area (Å²) in [4.78, 5) is 29.0. The number of nitrogens with zero attached hydrogens (tertiary/aromatic N) is 1. The number of carbonyl (C=O) groups excluding carboxylic acids is 1. The molecule has 3 rings (SSSR count). The molecule has 0 unspecified atom stereocenters. The molecule has 0 saturated carbocycles. The molecule has 0 bridgehead atoms. The molecule has 2 aromatic heterocycles. The zero-order valence-electron chi connectivity index (χ0n) is 13.9. The minimum absolute atomic E-state index is 0.0861. The summed E-state index contributed by atoms with van der Waals surface area (Å²) in [5.74, 6) is 0.200. The summed E-state index contributed by atoms with van der Waals surface area (Å²) in [5.41, 5.74) is 0.823. The fraction of sp³-hybridized carbons (Fsp3) is 0.211. The van der Waals surface area contributed by atoms with E-state index < -0.39 is 11.4 Å². The zero-order chi connectivity index (χ0) is 18.0. The molecule has 6 heteroatoms. The maximum absolute atomic E-state index is 12.7. The van der Waals surface area contributed by atoms with Crippen LogP contribution in [0.3, 0.4) is 0 Å². The van der Waals surface area contributed by atoms with Gasteiger partial charge >= 0.3 is 5.63 Å². The maximum Gasteiger partial charge on any atom is 0.347 e. The summed E-state index contributed by atoms with van der Waals surface area (Å²) in [6.45, 7) is 3.82. The fourth-order valence-electron chi connectivity index (χ4n) is 2.59. The first-order valence-corrected chi connectivity index (χ1v) is 7.86. The summed E-state index contributed by atoms with van der Waals surface area (Å²) in [7, 11) is 0. The van der Waals surface area contributed by atoms with Crippen molar-refractivity contribution in [2.75, 3.05) is 6.61 Å². The van der Waals surface area contributed by atoms with E-state index in [-0.39, 0.29) is 17.8 Å². The molecule has 0 atom stereocenters. The predicted molar refractivity (Wildman–Crippen MR) is 92.0 cm³/mol. The molecule has 128 valence electrons. The van der Waals surface area contributed by atoms with Crippen LogP contribution in [0.1, 0.15) is 34.1 Å². The highest BCUT2D eigenvalue weighted by Crippen LogP contribution is 2.22. The highest BCUT2D eigenvalue weighted by atomic mass is 16.5. The predicted octanol–water partition coefficient (Wildman–Crippen LogP) is 2.62. The van der Waals surface area contributed by atoms with Gasteiger partial charge in [0.15, 0.2) is 11.4 Å². The quantitative estimate of drug-likeness (QED) is 0.719. The van der Waals surface area contributed by atoms with Gasteiger partial charge in [-0.3, -0.25) is 9.78 Å². The third-order valence-electron chi connectivity index (χ3n) is 3.88. The standard InChI is InChI=1S/C19H17NO5/c1-3-24-14-6-4-12(5-7-14)17(22)16-8-15-13(10-21)9-20-11(2)18(15)25-19(16)23/h4-9,21H,3,10H2,1-2H3. The molecular weight excluding hydrogens is 322 g/mol.